The number of benzene rings is 2. The molecule has 0 saturated carbocycles. The lowest BCUT2D eigenvalue weighted by atomic mass is 10.0. The number of ether oxygens (including phenoxy) is 4. The van der Waals surface area contributed by atoms with Crippen molar-refractivity contribution < 1.29 is 18.9 Å². The van der Waals surface area contributed by atoms with Gasteiger partial charge in [-0.15, -0.1) is 5.54 Å². The van der Waals surface area contributed by atoms with Gasteiger partial charge in [0.15, 0.2) is 0 Å². The summed E-state index contributed by atoms with van der Waals surface area (Å²) in [7, 11) is -1.60. The number of nitrogens with zero attached hydrogens (tertiary/aromatic N) is 2. The summed E-state index contributed by atoms with van der Waals surface area (Å²) < 4.78 is 25.7. The van der Waals surface area contributed by atoms with Crippen LogP contribution >= 0.6 is 0 Å². The fourth-order valence-corrected chi connectivity index (χ4v) is 8.11. The van der Waals surface area contributed by atoms with Gasteiger partial charge in [0.1, 0.15) is 31.1 Å². The van der Waals surface area contributed by atoms with Crippen molar-refractivity contribution in [3.05, 3.63) is 95.1 Å². The fraction of sp³-hybridized carbons (Fsp3) is 0.377. The third kappa shape index (κ3) is 14.6. The molecule has 70 heavy (non-hydrogen) atoms. The van der Waals surface area contributed by atoms with Crippen LogP contribution in [0.3, 0.4) is 0 Å². The molecule has 0 aliphatic carbocycles. The zero-order chi connectivity index (χ0) is 49.8. The van der Waals surface area contributed by atoms with Gasteiger partial charge in [0.05, 0.1) is 60.3 Å². The maximum absolute atomic E-state index is 6.43. The molecule has 362 valence electrons. The Morgan fingerprint density at radius 2 is 0.914 bits per heavy atom. The molecule has 3 aromatic heterocycles. The molecule has 0 amide bonds. The van der Waals surface area contributed by atoms with E-state index in [4.69, 9.17) is 28.9 Å². The summed E-state index contributed by atoms with van der Waals surface area (Å²) in [6.07, 6.45) is 12.0. The molecule has 8 nitrogen and oxygen atoms in total. The molecule has 0 radical (unpaired) electrons. The minimum Gasteiger partial charge on any atom is -0.493 e. The molecule has 0 saturated heterocycles. The number of aromatic amines is 2. The predicted molar refractivity (Wildman–Crippen MR) is 295 cm³/mol. The molecule has 0 spiro atoms. The monoisotopic (exact) mass is 951 g/mol. The van der Waals surface area contributed by atoms with Crippen LogP contribution in [0, 0.1) is 58.8 Å². The minimum atomic E-state index is -1.60. The lowest BCUT2D eigenvalue weighted by Crippen LogP contribution is -2.16. The summed E-state index contributed by atoms with van der Waals surface area (Å²) >= 11 is 0. The Labute approximate surface area is 417 Å². The highest BCUT2D eigenvalue weighted by Crippen LogP contribution is 2.38. The van der Waals surface area contributed by atoms with Gasteiger partial charge in [0, 0.05) is 39.8 Å². The average molecular weight is 951 g/mol. The largest absolute Gasteiger partial charge is 0.493 e. The fourth-order valence-electron chi connectivity index (χ4n) is 7.67. The van der Waals surface area contributed by atoms with Crippen LogP contribution in [0.4, 0.5) is 0 Å². The molecule has 2 aliphatic heterocycles. The summed E-state index contributed by atoms with van der Waals surface area (Å²) in [4.78, 5) is 18.1. The summed E-state index contributed by atoms with van der Waals surface area (Å²) in [6.45, 7) is 26.7. The van der Waals surface area contributed by atoms with Crippen LogP contribution in [0.25, 0.3) is 68.6 Å². The normalized spacial score (nSPS) is 11.9. The van der Waals surface area contributed by atoms with E-state index in [-0.39, 0.29) is 0 Å². The second-order valence-corrected chi connectivity index (χ2v) is 25.6. The molecule has 0 unspecified atom stereocenters. The molecule has 2 aromatic carbocycles. The SMILES string of the molecule is CC(C)CCOc1cc(OCCC(C)C)cc(-c2c3nc(c(C#CC#CC#C[Si](C)(C)C)c4ccc([nH]4)c(-c4cc(OCCC(C)C)cc(OCCC(C)C)c4)c4nc(cc5ccc2[nH]5)C=C4)C=C3)c1. The van der Waals surface area contributed by atoms with Crippen molar-refractivity contribution in [3.8, 4) is 80.4 Å². The van der Waals surface area contributed by atoms with Crippen LogP contribution < -0.4 is 18.9 Å². The minimum absolute atomic E-state index is 0.510. The number of hydrogen-bond donors (Lipinski definition) is 2. The summed E-state index contributed by atoms with van der Waals surface area (Å²) in [5, 5.41) is 0. The molecule has 5 heterocycles. The Hall–Kier alpha value is -6.86. The first-order valence-corrected chi connectivity index (χ1v) is 28.6. The van der Waals surface area contributed by atoms with Crippen molar-refractivity contribution in [1.29, 1.82) is 0 Å². The van der Waals surface area contributed by atoms with Crippen molar-refractivity contribution in [3.63, 3.8) is 0 Å². The molecule has 8 bridgehead atoms. The van der Waals surface area contributed by atoms with Crippen LogP contribution in [0.5, 0.6) is 23.0 Å². The number of fused-ring (bicyclic) bond motifs is 8. The zero-order valence-corrected chi connectivity index (χ0v) is 44.2. The second-order valence-electron chi connectivity index (χ2n) is 20.9. The third-order valence-corrected chi connectivity index (χ3v) is 12.5. The number of hydrogen-bond acceptors (Lipinski definition) is 6. The van der Waals surface area contributed by atoms with E-state index in [1.807, 2.05) is 18.2 Å². The molecule has 0 fully saturated rings. The maximum atomic E-state index is 6.43. The van der Waals surface area contributed by atoms with Crippen molar-refractivity contribution in [2.45, 2.75) is 101 Å². The predicted octanol–water partition coefficient (Wildman–Crippen LogP) is 14.9. The molecular formula is C61H70N4O4Si. The summed E-state index contributed by atoms with van der Waals surface area (Å²) in [6, 6.07) is 22.8. The topological polar surface area (TPSA) is 94.3 Å². The first kappa shape index (κ1) is 51.0. The lowest BCUT2D eigenvalue weighted by molar-refractivity contribution is 0.276. The van der Waals surface area contributed by atoms with Gasteiger partial charge in [-0.05, 0) is 169 Å². The number of rotatable bonds is 18. The molecule has 5 aromatic rings. The molecule has 9 heteroatoms. The number of H-pyrrole nitrogens is 2. The van der Waals surface area contributed by atoms with Crippen molar-refractivity contribution in [2.24, 2.45) is 23.7 Å². The highest BCUT2D eigenvalue weighted by Gasteiger charge is 2.19. The van der Waals surface area contributed by atoms with E-state index in [0.717, 1.165) is 110 Å². The molecular weight excluding hydrogens is 881 g/mol. The first-order chi connectivity index (χ1) is 33.6. The van der Waals surface area contributed by atoms with Crippen LogP contribution in [0.15, 0.2) is 66.7 Å². The van der Waals surface area contributed by atoms with Gasteiger partial charge in [0.25, 0.3) is 0 Å². The quantitative estimate of drug-likeness (QED) is 0.0657. The van der Waals surface area contributed by atoms with Gasteiger partial charge in [-0.3, -0.25) is 0 Å². The van der Waals surface area contributed by atoms with Gasteiger partial charge in [-0.2, -0.15) is 0 Å². The van der Waals surface area contributed by atoms with Gasteiger partial charge in [0.2, 0.25) is 0 Å². The third-order valence-electron chi connectivity index (χ3n) is 11.6. The number of nitrogens with one attached hydrogen (secondary N) is 2. The van der Waals surface area contributed by atoms with E-state index in [0.29, 0.717) is 61.4 Å². The van der Waals surface area contributed by atoms with E-state index in [9.17, 15) is 0 Å². The first-order valence-electron chi connectivity index (χ1n) is 25.1. The Morgan fingerprint density at radius 1 is 0.471 bits per heavy atom. The van der Waals surface area contributed by atoms with E-state index >= 15 is 0 Å². The Bertz CT molecular complexity index is 2950. The van der Waals surface area contributed by atoms with E-state index in [1.54, 1.807) is 0 Å². The zero-order valence-electron chi connectivity index (χ0n) is 43.2. The molecule has 2 aliphatic rings. The van der Waals surface area contributed by atoms with Crippen LogP contribution in [0.2, 0.25) is 19.6 Å². The highest BCUT2D eigenvalue weighted by molar-refractivity contribution is 6.83. The average Bonchev–Trinajstić information content (AvgIpc) is 4.13. The maximum Gasteiger partial charge on any atom is 0.130 e. The van der Waals surface area contributed by atoms with Gasteiger partial charge in [-0.1, -0.05) is 75.0 Å². The highest BCUT2D eigenvalue weighted by atomic mass is 28.3. The van der Waals surface area contributed by atoms with Gasteiger partial charge < -0.3 is 28.9 Å². The molecule has 0 atom stereocenters. The van der Waals surface area contributed by atoms with Gasteiger partial charge in [-0.25, -0.2) is 9.97 Å². The summed E-state index contributed by atoms with van der Waals surface area (Å²) in [5.41, 5.74) is 14.1. The second kappa shape index (κ2) is 23.6. The Kier molecular flexibility index (Phi) is 17.2. The van der Waals surface area contributed by atoms with Crippen LogP contribution in [-0.4, -0.2) is 54.4 Å². The van der Waals surface area contributed by atoms with Gasteiger partial charge >= 0.3 is 0 Å². The Morgan fingerprint density at radius 3 is 1.43 bits per heavy atom. The summed E-state index contributed by atoms with van der Waals surface area (Å²) in [5.74, 6) is 20.6. The molecule has 7 rings (SSSR count). The standard InChI is InChI=1S/C61H70N4O4Si/c1-41(2)25-29-66-49-34-45(35-50(39-49)67-30-26-42(3)4)60-56-19-17-47(62-56)38-48-18-20-57(63-48)61(46-36-51(68-31-27-43(5)6)40-52(37-46)69-32-28-44(7)8)59-24-22-55(65-59)53(54-21-23-58(60)64-54)16-14-12-13-15-33-70(9,10)11/h17-24,34-44,62,65H,25-32H2,1-11H3. The van der Waals surface area contributed by atoms with E-state index in [1.165, 1.54) is 0 Å². The van der Waals surface area contributed by atoms with Crippen LogP contribution in [0.1, 0.15) is 109 Å². The smallest absolute Gasteiger partial charge is 0.130 e. The van der Waals surface area contributed by atoms with Crippen LogP contribution in [-0.2, 0) is 0 Å². The number of aromatic nitrogens is 4. The van der Waals surface area contributed by atoms with E-state index in [2.05, 4.69) is 193 Å². The lowest BCUT2D eigenvalue weighted by Gasteiger charge is -2.14. The van der Waals surface area contributed by atoms with Crippen molar-refractivity contribution in [1.82, 2.24) is 19.9 Å². The Balaban J connectivity index is 1.50. The molecule has 2 N–H and O–H groups in total. The van der Waals surface area contributed by atoms with Crippen molar-refractivity contribution in [2.75, 3.05) is 26.4 Å². The van der Waals surface area contributed by atoms with Crippen molar-refractivity contribution >= 4 is 54.4 Å². The van der Waals surface area contributed by atoms with E-state index < -0.39 is 8.07 Å².